The van der Waals surface area contributed by atoms with Crippen LogP contribution in [0.25, 0.3) is 0 Å². The molecule has 0 spiro atoms. The van der Waals surface area contributed by atoms with Crippen molar-refractivity contribution in [1.29, 1.82) is 5.26 Å². The number of rotatable bonds is 4. The number of nitrogens with zero attached hydrogens (tertiary/aromatic N) is 2. The standard InChI is InChI=1S/C15H11ClF3N3/c16-12-5-6-14(22-13(12)9-20)21-8-7-10-1-3-11(4-2-10)15(17,18)19/h1-6H,7-8H2,(H,21,22). The number of alkyl halides is 3. The summed E-state index contributed by atoms with van der Waals surface area (Å²) >= 11 is 5.77. The van der Waals surface area contributed by atoms with Crippen molar-refractivity contribution >= 4 is 17.4 Å². The number of nitriles is 1. The molecule has 1 N–H and O–H groups in total. The summed E-state index contributed by atoms with van der Waals surface area (Å²) in [4.78, 5) is 4.02. The molecule has 7 heteroatoms. The van der Waals surface area contributed by atoms with Gasteiger partial charge in [-0.05, 0) is 36.2 Å². The predicted octanol–water partition coefficient (Wildman–Crippen LogP) is 4.28. The Morgan fingerprint density at radius 1 is 1.14 bits per heavy atom. The van der Waals surface area contributed by atoms with Crippen molar-refractivity contribution in [2.45, 2.75) is 12.6 Å². The molecular weight excluding hydrogens is 315 g/mol. The second kappa shape index (κ2) is 6.67. The molecule has 2 rings (SSSR count). The van der Waals surface area contributed by atoms with Crippen LogP contribution in [0.5, 0.6) is 0 Å². The fourth-order valence-corrected chi connectivity index (χ4v) is 1.96. The summed E-state index contributed by atoms with van der Waals surface area (Å²) in [6.07, 6.45) is -3.79. The lowest BCUT2D eigenvalue weighted by Crippen LogP contribution is -2.08. The van der Waals surface area contributed by atoms with E-state index >= 15 is 0 Å². The predicted molar refractivity (Wildman–Crippen MR) is 77.6 cm³/mol. The van der Waals surface area contributed by atoms with E-state index in [4.69, 9.17) is 16.9 Å². The molecule has 3 nitrogen and oxygen atoms in total. The zero-order valence-electron chi connectivity index (χ0n) is 11.3. The Morgan fingerprint density at radius 3 is 2.41 bits per heavy atom. The normalized spacial score (nSPS) is 11.0. The lowest BCUT2D eigenvalue weighted by molar-refractivity contribution is -0.137. The zero-order valence-corrected chi connectivity index (χ0v) is 12.0. The quantitative estimate of drug-likeness (QED) is 0.912. The highest BCUT2D eigenvalue weighted by molar-refractivity contribution is 6.31. The molecular formula is C15H11ClF3N3. The fraction of sp³-hybridized carbons (Fsp3) is 0.200. The summed E-state index contributed by atoms with van der Waals surface area (Å²) in [5.74, 6) is 0.493. The Balaban J connectivity index is 1.93. The topological polar surface area (TPSA) is 48.7 Å². The minimum atomic E-state index is -4.32. The first-order valence-corrected chi connectivity index (χ1v) is 6.74. The van der Waals surface area contributed by atoms with Crippen LogP contribution in [0.15, 0.2) is 36.4 Å². The molecule has 0 atom stereocenters. The van der Waals surface area contributed by atoms with Crippen molar-refractivity contribution in [3.8, 4) is 6.07 Å². The third-order valence-corrected chi connectivity index (χ3v) is 3.26. The average Bonchev–Trinajstić information content (AvgIpc) is 2.48. The van der Waals surface area contributed by atoms with E-state index in [1.165, 1.54) is 12.1 Å². The molecule has 1 aromatic carbocycles. The first-order valence-electron chi connectivity index (χ1n) is 6.37. The molecule has 0 unspecified atom stereocenters. The largest absolute Gasteiger partial charge is 0.416 e. The average molecular weight is 326 g/mol. The number of pyridine rings is 1. The van der Waals surface area contributed by atoms with Crippen LogP contribution in [-0.4, -0.2) is 11.5 Å². The highest BCUT2D eigenvalue weighted by atomic mass is 35.5. The van der Waals surface area contributed by atoms with E-state index in [1.807, 2.05) is 6.07 Å². The molecule has 0 saturated heterocycles. The third-order valence-electron chi connectivity index (χ3n) is 2.95. The fourth-order valence-electron chi connectivity index (χ4n) is 1.81. The van der Waals surface area contributed by atoms with Gasteiger partial charge in [0.2, 0.25) is 0 Å². The van der Waals surface area contributed by atoms with Crippen LogP contribution in [0.2, 0.25) is 5.02 Å². The summed E-state index contributed by atoms with van der Waals surface area (Å²) in [6, 6.07) is 10.1. The van der Waals surface area contributed by atoms with E-state index in [0.29, 0.717) is 18.8 Å². The summed E-state index contributed by atoms with van der Waals surface area (Å²) in [5.41, 5.74) is 0.235. The highest BCUT2D eigenvalue weighted by Crippen LogP contribution is 2.29. The van der Waals surface area contributed by atoms with E-state index in [9.17, 15) is 13.2 Å². The number of aromatic nitrogens is 1. The molecule has 2 aromatic rings. The van der Waals surface area contributed by atoms with Gasteiger partial charge in [0.15, 0.2) is 5.69 Å². The Hall–Kier alpha value is -2.26. The van der Waals surface area contributed by atoms with E-state index in [-0.39, 0.29) is 10.7 Å². The lowest BCUT2D eigenvalue weighted by Gasteiger charge is -2.09. The Kier molecular flexibility index (Phi) is 4.88. The van der Waals surface area contributed by atoms with E-state index in [2.05, 4.69) is 10.3 Å². The van der Waals surface area contributed by atoms with Gasteiger partial charge in [-0.1, -0.05) is 23.7 Å². The summed E-state index contributed by atoms with van der Waals surface area (Å²) in [7, 11) is 0. The maximum atomic E-state index is 12.4. The van der Waals surface area contributed by atoms with Crippen LogP contribution in [-0.2, 0) is 12.6 Å². The van der Waals surface area contributed by atoms with Gasteiger partial charge in [0.1, 0.15) is 11.9 Å². The molecule has 0 saturated carbocycles. The minimum absolute atomic E-state index is 0.126. The molecule has 0 aliphatic rings. The molecule has 0 aliphatic carbocycles. The van der Waals surface area contributed by atoms with Gasteiger partial charge < -0.3 is 5.32 Å². The Bertz CT molecular complexity index is 691. The summed E-state index contributed by atoms with van der Waals surface area (Å²) < 4.78 is 37.3. The van der Waals surface area contributed by atoms with Crippen LogP contribution >= 0.6 is 11.6 Å². The maximum absolute atomic E-state index is 12.4. The van der Waals surface area contributed by atoms with Gasteiger partial charge in [0.25, 0.3) is 0 Å². The van der Waals surface area contributed by atoms with Gasteiger partial charge in [-0.2, -0.15) is 18.4 Å². The van der Waals surface area contributed by atoms with Crippen molar-refractivity contribution in [3.05, 3.63) is 58.2 Å². The lowest BCUT2D eigenvalue weighted by atomic mass is 10.1. The molecule has 0 bridgehead atoms. The van der Waals surface area contributed by atoms with Crippen LogP contribution in [0, 0.1) is 11.3 Å². The molecule has 114 valence electrons. The van der Waals surface area contributed by atoms with E-state index in [0.717, 1.165) is 17.7 Å². The number of anilines is 1. The number of halogens is 4. The van der Waals surface area contributed by atoms with Crippen LogP contribution in [0.3, 0.4) is 0 Å². The molecule has 0 radical (unpaired) electrons. The Labute approximate surface area is 130 Å². The van der Waals surface area contributed by atoms with E-state index in [1.54, 1.807) is 12.1 Å². The second-order valence-electron chi connectivity index (χ2n) is 4.51. The molecule has 1 aromatic heterocycles. The molecule has 1 heterocycles. The Morgan fingerprint density at radius 2 is 1.82 bits per heavy atom. The van der Waals surface area contributed by atoms with Crippen molar-refractivity contribution < 1.29 is 13.2 Å². The van der Waals surface area contributed by atoms with Gasteiger partial charge in [-0.25, -0.2) is 4.98 Å². The minimum Gasteiger partial charge on any atom is -0.370 e. The number of hydrogen-bond acceptors (Lipinski definition) is 3. The smallest absolute Gasteiger partial charge is 0.370 e. The van der Waals surface area contributed by atoms with Gasteiger partial charge in [-0.15, -0.1) is 0 Å². The van der Waals surface area contributed by atoms with Gasteiger partial charge in [-0.3, -0.25) is 0 Å². The molecule has 22 heavy (non-hydrogen) atoms. The summed E-state index contributed by atoms with van der Waals surface area (Å²) in [5, 5.41) is 12.1. The van der Waals surface area contributed by atoms with Crippen molar-refractivity contribution in [1.82, 2.24) is 4.98 Å². The maximum Gasteiger partial charge on any atom is 0.416 e. The van der Waals surface area contributed by atoms with Crippen LogP contribution in [0.1, 0.15) is 16.8 Å². The van der Waals surface area contributed by atoms with Gasteiger partial charge >= 0.3 is 6.18 Å². The SMILES string of the molecule is N#Cc1nc(NCCc2ccc(C(F)(F)F)cc2)ccc1Cl. The van der Waals surface area contributed by atoms with Gasteiger partial charge in [0, 0.05) is 6.54 Å². The first-order chi connectivity index (χ1) is 10.4. The first kappa shape index (κ1) is 16.1. The van der Waals surface area contributed by atoms with Crippen LogP contribution in [0.4, 0.5) is 19.0 Å². The number of benzene rings is 1. The second-order valence-corrected chi connectivity index (χ2v) is 4.92. The van der Waals surface area contributed by atoms with Crippen LogP contribution < -0.4 is 5.32 Å². The highest BCUT2D eigenvalue weighted by Gasteiger charge is 2.29. The molecule has 0 amide bonds. The zero-order chi connectivity index (χ0) is 16.2. The molecule has 0 aliphatic heterocycles. The van der Waals surface area contributed by atoms with E-state index < -0.39 is 11.7 Å². The number of hydrogen-bond donors (Lipinski definition) is 1. The number of nitrogens with one attached hydrogen (secondary N) is 1. The van der Waals surface area contributed by atoms with Crippen molar-refractivity contribution in [3.63, 3.8) is 0 Å². The van der Waals surface area contributed by atoms with Crippen molar-refractivity contribution in [2.24, 2.45) is 0 Å². The summed E-state index contributed by atoms with van der Waals surface area (Å²) in [6.45, 7) is 0.477. The third kappa shape index (κ3) is 4.12. The monoisotopic (exact) mass is 325 g/mol. The van der Waals surface area contributed by atoms with Crippen molar-refractivity contribution in [2.75, 3.05) is 11.9 Å². The van der Waals surface area contributed by atoms with Gasteiger partial charge in [0.05, 0.1) is 10.6 Å². The molecule has 0 fully saturated rings.